The third-order valence-corrected chi connectivity index (χ3v) is 7.13. The first-order valence-electron chi connectivity index (χ1n) is 8.80. The minimum absolute atomic E-state index is 0.403. The molecule has 1 heteroatoms. The molecule has 116 valence electrons. The van der Waals surface area contributed by atoms with Crippen LogP contribution in [0.2, 0.25) is 0 Å². The summed E-state index contributed by atoms with van der Waals surface area (Å²) in [5.41, 5.74) is 3.53. The van der Waals surface area contributed by atoms with Gasteiger partial charge in [0.15, 0.2) is 0 Å². The summed E-state index contributed by atoms with van der Waals surface area (Å²) in [6, 6.07) is 6.74. The number of methoxy groups -OCH3 is 1. The molecule has 3 aliphatic carbocycles. The maximum absolute atomic E-state index is 5.84. The van der Waals surface area contributed by atoms with Crippen LogP contribution in [0, 0.1) is 35.5 Å². The zero-order chi connectivity index (χ0) is 15.3. The molecule has 0 bridgehead atoms. The van der Waals surface area contributed by atoms with E-state index in [9.17, 15) is 0 Å². The molecule has 0 aliphatic heterocycles. The lowest BCUT2D eigenvalue weighted by atomic mass is 9.54. The minimum atomic E-state index is 0.403. The summed E-state index contributed by atoms with van der Waals surface area (Å²) < 4.78 is 5.41. The van der Waals surface area contributed by atoms with Crippen LogP contribution in [0.4, 0.5) is 0 Å². The Labute approximate surface area is 134 Å². The number of aryl methyl sites for hydroxylation is 1. The fraction of sp³-hybridized carbons (Fsp3) is 0.619. The van der Waals surface area contributed by atoms with Gasteiger partial charge in [-0.15, -0.1) is 12.3 Å². The Morgan fingerprint density at radius 2 is 2.09 bits per heavy atom. The zero-order valence-corrected chi connectivity index (χ0v) is 13.8. The Hall–Kier alpha value is -1.42. The third-order valence-electron chi connectivity index (χ3n) is 7.13. The van der Waals surface area contributed by atoms with E-state index in [4.69, 9.17) is 11.2 Å². The molecule has 0 heterocycles. The van der Waals surface area contributed by atoms with E-state index < -0.39 is 0 Å². The van der Waals surface area contributed by atoms with Crippen LogP contribution in [-0.2, 0) is 6.42 Å². The van der Waals surface area contributed by atoms with Gasteiger partial charge in [0.25, 0.3) is 0 Å². The summed E-state index contributed by atoms with van der Waals surface area (Å²) in [6.45, 7) is 2.48. The van der Waals surface area contributed by atoms with Crippen LogP contribution in [0.15, 0.2) is 18.2 Å². The Kier molecular flexibility index (Phi) is 3.26. The van der Waals surface area contributed by atoms with Gasteiger partial charge in [-0.25, -0.2) is 0 Å². The average molecular weight is 294 g/mol. The highest BCUT2D eigenvalue weighted by Crippen LogP contribution is 2.62. The number of hydrogen-bond donors (Lipinski definition) is 0. The van der Waals surface area contributed by atoms with Crippen LogP contribution in [0.25, 0.3) is 0 Å². The molecule has 0 aromatic heterocycles. The van der Waals surface area contributed by atoms with Gasteiger partial charge >= 0.3 is 0 Å². The van der Waals surface area contributed by atoms with Gasteiger partial charge in [-0.05, 0) is 85.0 Å². The SMILES string of the molecule is C#C[C@@H]1CC[C@H]2[C@@H]3CCc4cc(OC)ccc4[C@H]3CC[C@]12C. The van der Waals surface area contributed by atoms with Crippen molar-refractivity contribution >= 4 is 0 Å². The molecule has 1 aromatic carbocycles. The van der Waals surface area contributed by atoms with Gasteiger partial charge in [-0.1, -0.05) is 13.0 Å². The molecule has 0 spiro atoms. The molecule has 0 unspecified atom stereocenters. The molecule has 1 nitrogen and oxygen atoms in total. The number of benzene rings is 1. The second kappa shape index (κ2) is 5.05. The maximum atomic E-state index is 5.84. The molecule has 4 rings (SSSR count). The van der Waals surface area contributed by atoms with Crippen LogP contribution in [-0.4, -0.2) is 7.11 Å². The molecule has 2 saturated carbocycles. The monoisotopic (exact) mass is 294 g/mol. The largest absolute Gasteiger partial charge is 0.497 e. The predicted octanol–water partition coefficient (Wildman–Crippen LogP) is 4.80. The van der Waals surface area contributed by atoms with E-state index in [1.54, 1.807) is 12.7 Å². The van der Waals surface area contributed by atoms with Crippen molar-refractivity contribution in [2.24, 2.45) is 23.2 Å². The van der Waals surface area contributed by atoms with Crippen molar-refractivity contribution in [3.05, 3.63) is 29.3 Å². The molecule has 1 aromatic rings. The van der Waals surface area contributed by atoms with Gasteiger partial charge in [-0.2, -0.15) is 0 Å². The fourth-order valence-corrected chi connectivity index (χ4v) is 5.96. The Balaban J connectivity index is 1.68. The highest BCUT2D eigenvalue weighted by molar-refractivity contribution is 5.40. The number of fused-ring (bicyclic) bond motifs is 5. The van der Waals surface area contributed by atoms with Crippen LogP contribution in [0.3, 0.4) is 0 Å². The molecule has 2 fully saturated rings. The molecule has 0 N–H and O–H groups in total. The topological polar surface area (TPSA) is 9.23 Å². The molecule has 5 atom stereocenters. The van der Waals surface area contributed by atoms with E-state index in [2.05, 4.69) is 31.0 Å². The van der Waals surface area contributed by atoms with Crippen molar-refractivity contribution in [1.82, 2.24) is 0 Å². The average Bonchev–Trinajstić information content (AvgIpc) is 2.90. The Bertz CT molecular complexity index is 625. The molecular formula is C21H26O. The van der Waals surface area contributed by atoms with Gasteiger partial charge in [-0.3, -0.25) is 0 Å². The van der Waals surface area contributed by atoms with Crippen LogP contribution < -0.4 is 4.74 Å². The summed E-state index contributed by atoms with van der Waals surface area (Å²) in [5.74, 6) is 7.07. The van der Waals surface area contributed by atoms with Crippen molar-refractivity contribution in [2.75, 3.05) is 7.11 Å². The summed E-state index contributed by atoms with van der Waals surface area (Å²) >= 11 is 0. The molecular weight excluding hydrogens is 268 g/mol. The quantitative estimate of drug-likeness (QED) is 0.676. The third kappa shape index (κ3) is 1.86. The van der Waals surface area contributed by atoms with E-state index in [0.717, 1.165) is 23.5 Å². The van der Waals surface area contributed by atoms with Crippen molar-refractivity contribution in [1.29, 1.82) is 0 Å². The first-order chi connectivity index (χ1) is 10.7. The molecule has 0 radical (unpaired) electrons. The van der Waals surface area contributed by atoms with Crippen molar-refractivity contribution in [2.45, 2.75) is 51.4 Å². The number of hydrogen-bond acceptors (Lipinski definition) is 1. The molecule has 3 aliphatic rings. The Morgan fingerprint density at radius 3 is 2.86 bits per heavy atom. The predicted molar refractivity (Wildman–Crippen MR) is 89.9 cm³/mol. The van der Waals surface area contributed by atoms with Crippen molar-refractivity contribution < 1.29 is 4.74 Å². The van der Waals surface area contributed by atoms with E-state index in [1.165, 1.54) is 44.1 Å². The molecule has 22 heavy (non-hydrogen) atoms. The summed E-state index contributed by atoms with van der Waals surface area (Å²) in [4.78, 5) is 0. The van der Waals surface area contributed by atoms with Gasteiger partial charge < -0.3 is 4.74 Å². The molecule has 0 amide bonds. The summed E-state index contributed by atoms with van der Waals surface area (Å²) in [7, 11) is 1.76. The lowest BCUT2D eigenvalue weighted by Gasteiger charge is -2.50. The number of ether oxygens (including phenoxy) is 1. The van der Waals surface area contributed by atoms with Crippen LogP contribution in [0.1, 0.15) is 56.1 Å². The number of terminal acetylenes is 1. The van der Waals surface area contributed by atoms with Gasteiger partial charge in [0.2, 0.25) is 0 Å². The highest BCUT2D eigenvalue weighted by Gasteiger charge is 2.54. The lowest BCUT2D eigenvalue weighted by Crippen LogP contribution is -2.42. The van der Waals surface area contributed by atoms with E-state index in [-0.39, 0.29) is 0 Å². The Morgan fingerprint density at radius 1 is 1.23 bits per heavy atom. The first-order valence-corrected chi connectivity index (χ1v) is 8.80. The van der Waals surface area contributed by atoms with Crippen molar-refractivity contribution in [3.8, 4) is 18.1 Å². The van der Waals surface area contributed by atoms with Crippen LogP contribution in [0.5, 0.6) is 5.75 Å². The summed E-state index contributed by atoms with van der Waals surface area (Å²) in [6.07, 6.45) is 13.6. The minimum Gasteiger partial charge on any atom is -0.497 e. The highest BCUT2D eigenvalue weighted by atomic mass is 16.5. The second-order valence-electron chi connectivity index (χ2n) is 7.82. The maximum Gasteiger partial charge on any atom is 0.119 e. The van der Waals surface area contributed by atoms with E-state index in [0.29, 0.717) is 11.3 Å². The lowest BCUT2D eigenvalue weighted by molar-refractivity contribution is 0.0432. The smallest absolute Gasteiger partial charge is 0.119 e. The first kappa shape index (κ1) is 14.2. The van der Waals surface area contributed by atoms with E-state index in [1.807, 2.05) is 0 Å². The number of rotatable bonds is 1. The van der Waals surface area contributed by atoms with Gasteiger partial charge in [0.1, 0.15) is 5.75 Å². The molecule has 0 saturated heterocycles. The fourth-order valence-electron chi connectivity index (χ4n) is 5.96. The summed E-state index contributed by atoms with van der Waals surface area (Å²) in [5, 5.41) is 0. The van der Waals surface area contributed by atoms with Crippen LogP contribution >= 0.6 is 0 Å². The standard InChI is InChI=1S/C21H26O/c1-4-15-6-10-20-19-8-5-14-13-16(22-3)7-9-17(14)18(19)11-12-21(15,20)2/h1,7,9,13,15,18-20H,5-6,8,10-12H2,2-3H3/t15-,18-,19-,20+,21-/m1/s1. The van der Waals surface area contributed by atoms with Gasteiger partial charge in [0, 0.05) is 5.92 Å². The normalized spacial score (nSPS) is 39.3. The second-order valence-corrected chi connectivity index (χ2v) is 7.82. The van der Waals surface area contributed by atoms with E-state index >= 15 is 0 Å². The van der Waals surface area contributed by atoms with Gasteiger partial charge in [0.05, 0.1) is 7.11 Å². The van der Waals surface area contributed by atoms with Crippen molar-refractivity contribution in [3.63, 3.8) is 0 Å². The zero-order valence-electron chi connectivity index (χ0n) is 13.8.